The summed E-state index contributed by atoms with van der Waals surface area (Å²) < 4.78 is 1.83. The average molecular weight is 395 g/mol. The normalized spacial score (nSPS) is 11.0. The number of aromatic carboxylic acids is 1. The van der Waals surface area contributed by atoms with Crippen molar-refractivity contribution in [1.29, 1.82) is 0 Å². The van der Waals surface area contributed by atoms with Crippen LogP contribution in [0.15, 0.2) is 65.5 Å². The van der Waals surface area contributed by atoms with Gasteiger partial charge in [-0.25, -0.2) is 0 Å². The van der Waals surface area contributed by atoms with Crippen LogP contribution >= 0.6 is 0 Å². The Morgan fingerprint density at radius 1 is 0.920 bits per heavy atom. The summed E-state index contributed by atoms with van der Waals surface area (Å²) in [5, 5.41) is 20.3. The van der Waals surface area contributed by atoms with Crippen LogP contribution in [0.4, 0.5) is 0 Å². The van der Waals surface area contributed by atoms with E-state index in [9.17, 15) is 19.8 Å². The SMILES string of the molecule is O=C(O)c1ccccc1-c1c2ccc(=O)cc-2[se]c2cc(O)ccc12. The molecule has 0 spiro atoms. The van der Waals surface area contributed by atoms with E-state index in [1.807, 2.05) is 6.07 Å². The third-order valence-corrected chi connectivity index (χ3v) is 6.44. The van der Waals surface area contributed by atoms with Gasteiger partial charge in [0.1, 0.15) is 0 Å². The summed E-state index contributed by atoms with van der Waals surface area (Å²) in [5.74, 6) is -0.838. The molecule has 2 N–H and O–H groups in total. The Morgan fingerprint density at radius 3 is 2.52 bits per heavy atom. The number of phenols is 1. The molecule has 4 rings (SSSR count). The molecule has 4 nitrogen and oxygen atoms in total. The second kappa shape index (κ2) is 5.88. The summed E-state index contributed by atoms with van der Waals surface area (Å²) in [5.41, 5.74) is 2.41. The molecular weight excluding hydrogens is 383 g/mol. The number of carboxylic acids is 1. The second-order valence-corrected chi connectivity index (χ2v) is 7.94. The number of aromatic hydroxyl groups is 1. The molecule has 0 bridgehead atoms. The Balaban J connectivity index is 2.22. The molecule has 0 saturated heterocycles. The molecule has 0 atom stereocenters. The van der Waals surface area contributed by atoms with E-state index in [0.29, 0.717) is 5.56 Å². The molecule has 0 radical (unpaired) electrons. The number of benzene rings is 3. The maximum atomic E-state index is 11.8. The third-order valence-electron chi connectivity index (χ3n) is 4.10. The van der Waals surface area contributed by atoms with Crippen molar-refractivity contribution in [2.45, 2.75) is 0 Å². The van der Waals surface area contributed by atoms with E-state index in [4.69, 9.17) is 0 Å². The van der Waals surface area contributed by atoms with Gasteiger partial charge in [0.25, 0.3) is 0 Å². The molecule has 1 heterocycles. The first-order chi connectivity index (χ1) is 12.0. The molecule has 25 heavy (non-hydrogen) atoms. The van der Waals surface area contributed by atoms with Gasteiger partial charge in [-0.3, -0.25) is 0 Å². The van der Waals surface area contributed by atoms with E-state index >= 15 is 0 Å². The molecule has 0 saturated carbocycles. The van der Waals surface area contributed by atoms with Gasteiger partial charge in [0.05, 0.1) is 0 Å². The summed E-state index contributed by atoms with van der Waals surface area (Å²) in [4.78, 5) is 23.5. The van der Waals surface area contributed by atoms with Crippen LogP contribution < -0.4 is 5.43 Å². The van der Waals surface area contributed by atoms with Gasteiger partial charge in [-0.05, 0) is 0 Å². The molecule has 0 unspecified atom stereocenters. The average Bonchev–Trinajstić information content (AvgIpc) is 2.59. The van der Waals surface area contributed by atoms with E-state index in [1.165, 1.54) is 6.07 Å². The predicted octanol–water partition coefficient (Wildman–Crippen LogP) is 3.43. The van der Waals surface area contributed by atoms with Crippen LogP contribution in [-0.4, -0.2) is 30.7 Å². The number of hydrogen-bond acceptors (Lipinski definition) is 3. The quantitative estimate of drug-likeness (QED) is 0.403. The van der Waals surface area contributed by atoms with Crippen molar-refractivity contribution >= 4 is 30.1 Å². The van der Waals surface area contributed by atoms with E-state index < -0.39 is 5.97 Å². The Kier molecular flexibility index (Phi) is 3.68. The van der Waals surface area contributed by atoms with Crippen molar-refractivity contribution in [3.05, 3.63) is 76.5 Å². The zero-order valence-corrected chi connectivity index (χ0v) is 14.6. The van der Waals surface area contributed by atoms with Gasteiger partial charge >= 0.3 is 148 Å². The van der Waals surface area contributed by atoms with Gasteiger partial charge in [0.2, 0.25) is 0 Å². The van der Waals surface area contributed by atoms with Crippen molar-refractivity contribution in [3.8, 4) is 26.9 Å². The molecule has 1 aliphatic heterocycles. The van der Waals surface area contributed by atoms with E-state index in [2.05, 4.69) is 0 Å². The minimum atomic E-state index is -0.999. The van der Waals surface area contributed by atoms with Crippen molar-refractivity contribution in [3.63, 3.8) is 0 Å². The monoisotopic (exact) mass is 396 g/mol. The van der Waals surface area contributed by atoms with Crippen molar-refractivity contribution in [1.82, 2.24) is 0 Å². The number of fused-ring (bicyclic) bond motifs is 2. The molecule has 0 amide bonds. The Bertz CT molecular complexity index is 1160. The van der Waals surface area contributed by atoms with Crippen LogP contribution in [-0.2, 0) is 0 Å². The molecule has 0 aromatic heterocycles. The van der Waals surface area contributed by atoms with Gasteiger partial charge in [0.15, 0.2) is 0 Å². The first-order valence-corrected chi connectivity index (χ1v) is 9.28. The molecule has 2 aromatic carbocycles. The van der Waals surface area contributed by atoms with Crippen LogP contribution in [0.3, 0.4) is 0 Å². The Morgan fingerprint density at radius 2 is 1.72 bits per heavy atom. The Hall–Kier alpha value is -2.88. The van der Waals surface area contributed by atoms with Gasteiger partial charge in [-0.15, -0.1) is 0 Å². The zero-order valence-electron chi connectivity index (χ0n) is 12.9. The second-order valence-electron chi connectivity index (χ2n) is 5.67. The summed E-state index contributed by atoms with van der Waals surface area (Å²) in [6, 6.07) is 16.8. The van der Waals surface area contributed by atoms with Gasteiger partial charge in [-0.2, -0.15) is 0 Å². The molecule has 2 aromatic rings. The third kappa shape index (κ3) is 2.64. The number of carboxylic acid groups (broad SMARTS) is 1. The van der Waals surface area contributed by atoms with Gasteiger partial charge < -0.3 is 0 Å². The first kappa shape index (κ1) is 15.6. The summed E-state index contributed by atoms with van der Waals surface area (Å²) in [6.07, 6.45) is 0. The van der Waals surface area contributed by atoms with Gasteiger partial charge in [-0.1, -0.05) is 0 Å². The zero-order chi connectivity index (χ0) is 17.6. The van der Waals surface area contributed by atoms with Crippen LogP contribution in [0, 0.1) is 0 Å². The fourth-order valence-electron chi connectivity index (χ4n) is 3.04. The summed E-state index contributed by atoms with van der Waals surface area (Å²) in [7, 11) is 0. The van der Waals surface area contributed by atoms with Crippen molar-refractivity contribution in [2.75, 3.05) is 0 Å². The number of carbonyl (C=O) groups is 1. The standard InChI is InChI=1S/C20H12O4Se/c21-11-5-7-15-17(9-11)25-18-10-12(22)6-8-16(18)19(15)13-3-1-2-4-14(13)20(23)24/h1-10,21H,(H,23,24). The number of hydrogen-bond donors (Lipinski definition) is 2. The Labute approximate surface area is 148 Å². The van der Waals surface area contributed by atoms with Crippen LogP contribution in [0.25, 0.3) is 30.8 Å². The number of rotatable bonds is 2. The predicted molar refractivity (Wildman–Crippen MR) is 97.8 cm³/mol. The molecule has 2 aliphatic rings. The maximum absolute atomic E-state index is 11.8. The minimum absolute atomic E-state index is 0.0740. The fourth-order valence-corrected chi connectivity index (χ4v) is 5.45. The number of phenolic OH excluding ortho intramolecular Hbond substituents is 1. The molecule has 0 fully saturated rings. The van der Waals surface area contributed by atoms with E-state index in [-0.39, 0.29) is 31.2 Å². The van der Waals surface area contributed by atoms with Crippen LogP contribution in [0.1, 0.15) is 10.4 Å². The van der Waals surface area contributed by atoms with E-state index in [0.717, 1.165) is 25.2 Å². The van der Waals surface area contributed by atoms with Crippen LogP contribution in [0.2, 0.25) is 0 Å². The fraction of sp³-hybridized carbons (Fsp3) is 0. The first-order valence-electron chi connectivity index (χ1n) is 7.57. The topological polar surface area (TPSA) is 74.6 Å². The molecular formula is C20H12O4Se. The summed E-state index contributed by atoms with van der Waals surface area (Å²) in [6.45, 7) is 0. The van der Waals surface area contributed by atoms with Crippen molar-refractivity contribution in [2.24, 2.45) is 0 Å². The van der Waals surface area contributed by atoms with Crippen LogP contribution in [0.5, 0.6) is 5.75 Å². The molecule has 1 aliphatic carbocycles. The molecule has 5 heteroatoms. The molecule has 122 valence electrons. The van der Waals surface area contributed by atoms with Crippen molar-refractivity contribution < 1.29 is 15.0 Å². The van der Waals surface area contributed by atoms with E-state index in [1.54, 1.807) is 48.5 Å². The summed E-state index contributed by atoms with van der Waals surface area (Å²) >= 11 is -0.133. The van der Waals surface area contributed by atoms with Gasteiger partial charge in [0, 0.05) is 0 Å².